The topological polar surface area (TPSA) is 80.9 Å². The molecular weight excluding hydrogens is 308 g/mol. The predicted molar refractivity (Wildman–Crippen MR) is 65.8 cm³/mol. The summed E-state index contributed by atoms with van der Waals surface area (Å²) in [6.45, 7) is 3.11. The zero-order valence-corrected chi connectivity index (χ0v) is 11.5. The number of nitrogens with zero attached hydrogens (tertiary/aromatic N) is 4. The molecule has 0 saturated heterocycles. The van der Waals surface area contributed by atoms with E-state index in [0.29, 0.717) is 5.82 Å². The molecule has 2 aromatic heterocycles. The summed E-state index contributed by atoms with van der Waals surface area (Å²) < 4.78 is 2.25. The van der Waals surface area contributed by atoms with Crippen molar-refractivity contribution in [1.29, 1.82) is 0 Å². The van der Waals surface area contributed by atoms with Crippen LogP contribution in [0.2, 0.25) is 0 Å². The van der Waals surface area contributed by atoms with E-state index in [2.05, 4.69) is 31.5 Å². The molecule has 6 nitrogen and oxygen atoms in total. The van der Waals surface area contributed by atoms with Gasteiger partial charge in [0.2, 0.25) is 0 Å². The summed E-state index contributed by atoms with van der Waals surface area (Å²) in [4.78, 5) is 12.0. The smallest absolute Gasteiger partial charge is 0.331 e. The van der Waals surface area contributed by atoms with Gasteiger partial charge in [0.15, 0.2) is 11.4 Å². The largest absolute Gasteiger partial charge is 0.479 e. The summed E-state index contributed by atoms with van der Waals surface area (Å²) in [6, 6.07) is 3.71. The van der Waals surface area contributed by atoms with E-state index in [0.717, 1.165) is 8.66 Å². The molecule has 0 bridgehead atoms. The lowest BCUT2D eigenvalue weighted by Crippen LogP contribution is -2.37. The van der Waals surface area contributed by atoms with Crippen molar-refractivity contribution in [2.45, 2.75) is 19.4 Å². The Labute approximate surface area is 109 Å². The van der Waals surface area contributed by atoms with Crippen LogP contribution in [0.25, 0.3) is 10.7 Å². The monoisotopic (exact) mass is 316 g/mol. The molecule has 0 spiro atoms. The predicted octanol–water partition coefficient (Wildman–Crippen LogP) is 1.98. The highest BCUT2D eigenvalue weighted by atomic mass is 79.9. The average Bonchev–Trinajstić information content (AvgIpc) is 2.84. The van der Waals surface area contributed by atoms with Crippen LogP contribution >= 0.6 is 27.3 Å². The Balaban J connectivity index is 2.52. The van der Waals surface area contributed by atoms with E-state index in [1.165, 1.54) is 16.0 Å². The SMILES string of the molecule is CC(C)(C(=O)O)n1nnnc1-c1ccc(Br)s1. The third-order valence-corrected chi connectivity index (χ3v) is 3.94. The van der Waals surface area contributed by atoms with Gasteiger partial charge < -0.3 is 5.11 Å². The van der Waals surface area contributed by atoms with Crippen LogP contribution in [0.1, 0.15) is 13.8 Å². The maximum absolute atomic E-state index is 11.2. The summed E-state index contributed by atoms with van der Waals surface area (Å²) in [5.74, 6) is -0.533. The molecule has 0 radical (unpaired) electrons. The van der Waals surface area contributed by atoms with Crippen LogP contribution in [-0.2, 0) is 10.3 Å². The summed E-state index contributed by atoms with van der Waals surface area (Å²) in [6.07, 6.45) is 0. The first kappa shape index (κ1) is 12.2. The van der Waals surface area contributed by atoms with E-state index >= 15 is 0 Å². The van der Waals surface area contributed by atoms with Gasteiger partial charge in [-0.1, -0.05) is 0 Å². The first-order valence-electron chi connectivity index (χ1n) is 4.71. The summed E-state index contributed by atoms with van der Waals surface area (Å²) in [5, 5.41) is 20.4. The van der Waals surface area contributed by atoms with Gasteiger partial charge in [-0.3, -0.25) is 0 Å². The minimum Gasteiger partial charge on any atom is -0.479 e. The second-order valence-corrected chi connectivity index (χ2v) is 6.35. The molecule has 2 aromatic rings. The van der Waals surface area contributed by atoms with Crippen molar-refractivity contribution >= 4 is 33.2 Å². The summed E-state index contributed by atoms with van der Waals surface area (Å²) in [5.41, 5.74) is -1.19. The Morgan fingerprint density at radius 2 is 2.24 bits per heavy atom. The van der Waals surface area contributed by atoms with Crippen LogP contribution in [0.15, 0.2) is 15.9 Å². The van der Waals surface area contributed by atoms with Crippen molar-refractivity contribution in [3.05, 3.63) is 15.9 Å². The number of aliphatic carboxylic acids is 1. The Hall–Kier alpha value is -1.28. The maximum Gasteiger partial charge on any atom is 0.331 e. The Bertz CT molecular complexity index is 563. The lowest BCUT2D eigenvalue weighted by Gasteiger charge is -2.19. The number of tetrazole rings is 1. The summed E-state index contributed by atoms with van der Waals surface area (Å²) in [7, 11) is 0. The zero-order valence-electron chi connectivity index (χ0n) is 9.09. The molecular formula is C9H9BrN4O2S. The van der Waals surface area contributed by atoms with Crippen LogP contribution < -0.4 is 0 Å². The molecule has 0 atom stereocenters. The Kier molecular flexibility index (Phi) is 3.00. The van der Waals surface area contributed by atoms with Crippen molar-refractivity contribution in [3.63, 3.8) is 0 Å². The van der Waals surface area contributed by atoms with E-state index in [-0.39, 0.29) is 0 Å². The lowest BCUT2D eigenvalue weighted by molar-refractivity contribution is -0.146. The van der Waals surface area contributed by atoms with E-state index < -0.39 is 11.5 Å². The van der Waals surface area contributed by atoms with Crippen LogP contribution in [0, 0.1) is 0 Å². The van der Waals surface area contributed by atoms with Gasteiger partial charge in [0.05, 0.1) is 8.66 Å². The van der Waals surface area contributed by atoms with Gasteiger partial charge in [-0.2, -0.15) is 0 Å². The Morgan fingerprint density at radius 3 is 2.76 bits per heavy atom. The Morgan fingerprint density at radius 1 is 1.53 bits per heavy atom. The second-order valence-electron chi connectivity index (χ2n) is 3.88. The molecule has 0 aromatic carbocycles. The fraction of sp³-hybridized carbons (Fsp3) is 0.333. The third kappa shape index (κ3) is 2.09. The second kappa shape index (κ2) is 4.19. The molecule has 2 heterocycles. The molecule has 8 heteroatoms. The molecule has 0 aliphatic heterocycles. The molecule has 0 aliphatic carbocycles. The van der Waals surface area contributed by atoms with Gasteiger partial charge in [0.1, 0.15) is 0 Å². The summed E-state index contributed by atoms with van der Waals surface area (Å²) >= 11 is 4.79. The van der Waals surface area contributed by atoms with Crippen molar-refractivity contribution in [2.24, 2.45) is 0 Å². The van der Waals surface area contributed by atoms with E-state index in [4.69, 9.17) is 5.11 Å². The van der Waals surface area contributed by atoms with E-state index in [1.54, 1.807) is 13.8 Å². The lowest BCUT2D eigenvalue weighted by atomic mass is 10.1. The van der Waals surface area contributed by atoms with Gasteiger partial charge in [-0.15, -0.1) is 16.4 Å². The first-order chi connectivity index (χ1) is 7.93. The van der Waals surface area contributed by atoms with Gasteiger partial charge >= 0.3 is 5.97 Å². The van der Waals surface area contributed by atoms with Crippen molar-refractivity contribution in [1.82, 2.24) is 20.2 Å². The number of rotatable bonds is 3. The number of carboxylic acid groups (broad SMARTS) is 1. The van der Waals surface area contributed by atoms with Crippen molar-refractivity contribution in [2.75, 3.05) is 0 Å². The third-order valence-electron chi connectivity index (χ3n) is 2.32. The van der Waals surface area contributed by atoms with Crippen LogP contribution in [0.4, 0.5) is 0 Å². The molecule has 1 N–H and O–H groups in total. The average molecular weight is 317 g/mol. The molecule has 0 saturated carbocycles. The van der Waals surface area contributed by atoms with Crippen molar-refractivity contribution < 1.29 is 9.90 Å². The molecule has 0 fully saturated rings. The molecule has 0 aliphatic rings. The number of halogens is 1. The molecule has 0 unspecified atom stereocenters. The standard InChI is InChI=1S/C9H9BrN4O2S/c1-9(2,8(15)16)14-7(11-12-13-14)5-3-4-6(10)17-5/h3-4H,1-2H3,(H,15,16). The van der Waals surface area contributed by atoms with E-state index in [9.17, 15) is 4.79 Å². The molecule has 17 heavy (non-hydrogen) atoms. The fourth-order valence-electron chi connectivity index (χ4n) is 1.24. The van der Waals surface area contributed by atoms with Gasteiger partial charge in [-0.05, 0) is 52.3 Å². The quantitative estimate of drug-likeness (QED) is 0.936. The van der Waals surface area contributed by atoms with E-state index in [1.807, 2.05) is 12.1 Å². The molecule has 0 amide bonds. The number of hydrogen-bond acceptors (Lipinski definition) is 5. The van der Waals surface area contributed by atoms with Crippen LogP contribution in [0.5, 0.6) is 0 Å². The van der Waals surface area contributed by atoms with Crippen molar-refractivity contribution in [3.8, 4) is 10.7 Å². The first-order valence-corrected chi connectivity index (χ1v) is 6.32. The van der Waals surface area contributed by atoms with Gasteiger partial charge in [0.25, 0.3) is 0 Å². The normalized spacial score (nSPS) is 11.7. The minimum absolute atomic E-state index is 0.452. The van der Waals surface area contributed by atoms with Gasteiger partial charge in [-0.25, -0.2) is 9.48 Å². The molecule has 2 rings (SSSR count). The zero-order chi connectivity index (χ0) is 12.6. The number of thiophene rings is 1. The van der Waals surface area contributed by atoms with Gasteiger partial charge in [0, 0.05) is 0 Å². The fourth-order valence-corrected chi connectivity index (χ4v) is 2.60. The highest BCUT2D eigenvalue weighted by molar-refractivity contribution is 9.11. The van der Waals surface area contributed by atoms with Crippen LogP contribution in [0.3, 0.4) is 0 Å². The minimum atomic E-state index is -1.19. The number of carboxylic acids is 1. The maximum atomic E-state index is 11.2. The highest BCUT2D eigenvalue weighted by Gasteiger charge is 2.34. The molecule has 90 valence electrons. The highest BCUT2D eigenvalue weighted by Crippen LogP contribution is 2.31. The van der Waals surface area contributed by atoms with Crippen LogP contribution in [-0.4, -0.2) is 31.3 Å². The number of hydrogen-bond donors (Lipinski definition) is 1. The number of aromatic nitrogens is 4. The number of carbonyl (C=O) groups is 1.